The fourth-order valence-electron chi connectivity index (χ4n) is 1.53. The molecule has 0 aliphatic rings. The molecule has 4 heteroatoms. The molecule has 1 heterocycles. The molecule has 78 valence electrons. The standard InChI is InChI=1S/C10H15NO3/c1-7-5-11(12)9(6-13-3)8(2)10(7)14-4/h5H,6H2,1-4H3. The SMILES string of the molecule is COCc1c(C)c(OC)c(C)c[n+]1[O-]. The van der Waals surface area contributed by atoms with Gasteiger partial charge in [0.25, 0.3) is 0 Å². The van der Waals surface area contributed by atoms with Crippen LogP contribution in [0.5, 0.6) is 5.75 Å². The van der Waals surface area contributed by atoms with Crippen LogP contribution in [0.2, 0.25) is 0 Å². The van der Waals surface area contributed by atoms with Crippen LogP contribution in [0.4, 0.5) is 0 Å². The van der Waals surface area contributed by atoms with Gasteiger partial charge in [-0.15, -0.1) is 0 Å². The minimum Gasteiger partial charge on any atom is -0.618 e. The molecule has 0 radical (unpaired) electrons. The van der Waals surface area contributed by atoms with Gasteiger partial charge >= 0.3 is 0 Å². The van der Waals surface area contributed by atoms with E-state index in [4.69, 9.17) is 9.47 Å². The van der Waals surface area contributed by atoms with Gasteiger partial charge in [-0.2, -0.15) is 4.73 Å². The number of hydrogen-bond acceptors (Lipinski definition) is 3. The quantitative estimate of drug-likeness (QED) is 0.538. The van der Waals surface area contributed by atoms with Crippen molar-refractivity contribution in [2.45, 2.75) is 20.5 Å². The molecule has 0 unspecified atom stereocenters. The number of aryl methyl sites for hydroxylation is 1. The van der Waals surface area contributed by atoms with E-state index in [1.54, 1.807) is 14.2 Å². The number of aromatic nitrogens is 1. The van der Waals surface area contributed by atoms with Gasteiger partial charge in [-0.3, -0.25) is 0 Å². The molecule has 1 aromatic heterocycles. The molecule has 0 saturated carbocycles. The molecule has 0 fully saturated rings. The van der Waals surface area contributed by atoms with Gasteiger partial charge in [-0.05, 0) is 13.8 Å². The summed E-state index contributed by atoms with van der Waals surface area (Å²) in [6.07, 6.45) is 1.50. The Morgan fingerprint density at radius 1 is 1.36 bits per heavy atom. The zero-order chi connectivity index (χ0) is 10.7. The van der Waals surface area contributed by atoms with Gasteiger partial charge in [-0.1, -0.05) is 0 Å². The zero-order valence-corrected chi connectivity index (χ0v) is 8.96. The van der Waals surface area contributed by atoms with Crippen LogP contribution in [-0.2, 0) is 11.3 Å². The first-order valence-corrected chi connectivity index (χ1v) is 4.37. The Bertz CT molecular complexity index is 337. The van der Waals surface area contributed by atoms with Crippen LogP contribution in [0, 0.1) is 19.1 Å². The first-order valence-electron chi connectivity index (χ1n) is 4.37. The normalized spacial score (nSPS) is 10.3. The second-order valence-corrected chi connectivity index (χ2v) is 3.18. The van der Waals surface area contributed by atoms with Crippen molar-refractivity contribution in [2.24, 2.45) is 0 Å². The van der Waals surface area contributed by atoms with Crippen molar-refractivity contribution in [1.29, 1.82) is 0 Å². The summed E-state index contributed by atoms with van der Waals surface area (Å²) in [5.41, 5.74) is 2.26. The third-order valence-corrected chi connectivity index (χ3v) is 2.19. The highest BCUT2D eigenvalue weighted by molar-refractivity contribution is 5.38. The lowest BCUT2D eigenvalue weighted by molar-refractivity contribution is -0.617. The van der Waals surface area contributed by atoms with Gasteiger partial charge < -0.3 is 14.7 Å². The average molecular weight is 197 g/mol. The lowest BCUT2D eigenvalue weighted by atomic mass is 10.1. The van der Waals surface area contributed by atoms with E-state index in [1.807, 2.05) is 13.8 Å². The summed E-state index contributed by atoms with van der Waals surface area (Å²) >= 11 is 0. The molecule has 0 aromatic carbocycles. The number of nitrogens with zero attached hydrogens (tertiary/aromatic N) is 1. The minimum absolute atomic E-state index is 0.298. The van der Waals surface area contributed by atoms with E-state index >= 15 is 0 Å². The monoisotopic (exact) mass is 197 g/mol. The number of ether oxygens (including phenoxy) is 2. The molecule has 4 nitrogen and oxygen atoms in total. The Hall–Kier alpha value is -1.29. The minimum atomic E-state index is 0.298. The number of pyridine rings is 1. The van der Waals surface area contributed by atoms with Crippen molar-refractivity contribution < 1.29 is 14.2 Å². The fourth-order valence-corrected chi connectivity index (χ4v) is 1.53. The van der Waals surface area contributed by atoms with E-state index in [9.17, 15) is 5.21 Å². The first-order chi connectivity index (χ1) is 6.61. The second kappa shape index (κ2) is 4.28. The highest BCUT2D eigenvalue weighted by Crippen LogP contribution is 2.23. The first kappa shape index (κ1) is 10.8. The van der Waals surface area contributed by atoms with E-state index in [1.165, 1.54) is 6.20 Å². The molecule has 0 saturated heterocycles. The molecule has 14 heavy (non-hydrogen) atoms. The van der Waals surface area contributed by atoms with Crippen LogP contribution < -0.4 is 9.47 Å². The maximum absolute atomic E-state index is 11.5. The maximum atomic E-state index is 11.5. The lowest BCUT2D eigenvalue weighted by Gasteiger charge is -2.12. The maximum Gasteiger partial charge on any atom is 0.225 e. The Morgan fingerprint density at radius 2 is 2.00 bits per heavy atom. The van der Waals surface area contributed by atoms with E-state index < -0.39 is 0 Å². The summed E-state index contributed by atoms with van der Waals surface area (Å²) in [7, 11) is 3.16. The molecule has 1 aromatic rings. The van der Waals surface area contributed by atoms with E-state index in [0.717, 1.165) is 21.6 Å². The van der Waals surface area contributed by atoms with Crippen LogP contribution in [0.1, 0.15) is 16.8 Å². The van der Waals surface area contributed by atoms with Crippen molar-refractivity contribution in [1.82, 2.24) is 0 Å². The van der Waals surface area contributed by atoms with Crippen LogP contribution in [0.15, 0.2) is 6.20 Å². The predicted octanol–water partition coefficient (Wildman–Crippen LogP) is 1.09. The largest absolute Gasteiger partial charge is 0.618 e. The molecule has 1 rings (SSSR count). The summed E-state index contributed by atoms with van der Waals surface area (Å²) in [6, 6.07) is 0. The van der Waals surface area contributed by atoms with Crippen molar-refractivity contribution in [3.63, 3.8) is 0 Å². The van der Waals surface area contributed by atoms with E-state index in [2.05, 4.69) is 0 Å². The van der Waals surface area contributed by atoms with Crippen molar-refractivity contribution in [2.75, 3.05) is 14.2 Å². The smallest absolute Gasteiger partial charge is 0.225 e. The number of rotatable bonds is 3. The highest BCUT2D eigenvalue weighted by Gasteiger charge is 2.16. The highest BCUT2D eigenvalue weighted by atomic mass is 16.5. The molecular formula is C10H15NO3. The molecule has 0 bridgehead atoms. The van der Waals surface area contributed by atoms with Gasteiger partial charge in [0.2, 0.25) is 5.69 Å². The van der Waals surface area contributed by atoms with Gasteiger partial charge in [0, 0.05) is 7.11 Å². The summed E-state index contributed by atoms with van der Waals surface area (Å²) in [6.45, 7) is 4.00. The second-order valence-electron chi connectivity index (χ2n) is 3.18. The van der Waals surface area contributed by atoms with E-state index in [0.29, 0.717) is 12.3 Å². The summed E-state index contributed by atoms with van der Waals surface area (Å²) < 4.78 is 11.0. The molecule has 0 amide bonds. The molecule has 0 aliphatic carbocycles. The fraction of sp³-hybridized carbons (Fsp3) is 0.500. The van der Waals surface area contributed by atoms with Crippen LogP contribution in [0.25, 0.3) is 0 Å². The average Bonchev–Trinajstić information content (AvgIpc) is 2.12. The zero-order valence-electron chi connectivity index (χ0n) is 8.96. The topological polar surface area (TPSA) is 45.4 Å². The van der Waals surface area contributed by atoms with Crippen molar-refractivity contribution in [3.05, 3.63) is 28.2 Å². The van der Waals surface area contributed by atoms with Gasteiger partial charge in [0.05, 0.1) is 18.2 Å². The van der Waals surface area contributed by atoms with Gasteiger partial charge in [0.1, 0.15) is 12.4 Å². The molecular weight excluding hydrogens is 182 g/mol. The van der Waals surface area contributed by atoms with Crippen molar-refractivity contribution in [3.8, 4) is 5.75 Å². The molecule has 0 N–H and O–H groups in total. The van der Waals surface area contributed by atoms with E-state index in [-0.39, 0.29) is 0 Å². The predicted molar refractivity (Wildman–Crippen MR) is 52.1 cm³/mol. The van der Waals surface area contributed by atoms with Gasteiger partial charge in [0.15, 0.2) is 6.20 Å². The number of hydrogen-bond donors (Lipinski definition) is 0. The lowest BCUT2D eigenvalue weighted by Crippen LogP contribution is -2.33. The van der Waals surface area contributed by atoms with Crippen LogP contribution in [0.3, 0.4) is 0 Å². The molecule has 0 atom stereocenters. The molecule has 0 aliphatic heterocycles. The van der Waals surface area contributed by atoms with Gasteiger partial charge in [-0.25, -0.2) is 0 Å². The van der Waals surface area contributed by atoms with Crippen LogP contribution >= 0.6 is 0 Å². The van der Waals surface area contributed by atoms with Crippen molar-refractivity contribution >= 4 is 0 Å². The Balaban J connectivity index is 3.28. The third kappa shape index (κ3) is 1.80. The number of methoxy groups -OCH3 is 2. The Kier molecular flexibility index (Phi) is 3.30. The Labute approximate surface area is 83.7 Å². The summed E-state index contributed by atoms with van der Waals surface area (Å²) in [5, 5.41) is 11.5. The van der Waals surface area contributed by atoms with Crippen LogP contribution in [-0.4, -0.2) is 14.2 Å². The Morgan fingerprint density at radius 3 is 2.50 bits per heavy atom. The molecule has 0 spiro atoms. The summed E-state index contributed by atoms with van der Waals surface area (Å²) in [5.74, 6) is 0.754. The third-order valence-electron chi connectivity index (χ3n) is 2.19. The summed E-state index contributed by atoms with van der Waals surface area (Å²) in [4.78, 5) is 0.